The van der Waals surface area contributed by atoms with E-state index in [1.807, 2.05) is 0 Å². The lowest BCUT2D eigenvalue weighted by molar-refractivity contribution is -0.179. The molecule has 1 spiro atoms. The van der Waals surface area contributed by atoms with Gasteiger partial charge in [0.2, 0.25) is 0 Å². The maximum atomic E-state index is 12.7. The van der Waals surface area contributed by atoms with Crippen molar-refractivity contribution in [3.63, 3.8) is 0 Å². The molecule has 1 atom stereocenters. The molecule has 126 valence electrons. The molecule has 0 aromatic rings. The Hall–Kier alpha value is -0.740. The van der Waals surface area contributed by atoms with Crippen LogP contribution in [0.1, 0.15) is 25.7 Å². The van der Waals surface area contributed by atoms with E-state index in [2.05, 4.69) is 0 Å². The average molecular weight is 334 g/mol. The number of carboxylic acids is 1. The van der Waals surface area contributed by atoms with Gasteiger partial charge < -0.3 is 14.6 Å². The van der Waals surface area contributed by atoms with E-state index in [0.29, 0.717) is 58.5 Å². The van der Waals surface area contributed by atoms with E-state index >= 15 is 0 Å². The number of rotatable bonds is 3. The summed E-state index contributed by atoms with van der Waals surface area (Å²) in [5.41, 5.74) is 0. The molecule has 3 fully saturated rings. The van der Waals surface area contributed by atoms with Crippen LogP contribution in [0.3, 0.4) is 0 Å². The van der Waals surface area contributed by atoms with Crippen LogP contribution in [0.4, 0.5) is 0 Å². The Morgan fingerprint density at radius 3 is 2.32 bits per heavy atom. The van der Waals surface area contributed by atoms with Crippen LogP contribution in [0.2, 0.25) is 0 Å². The topological polar surface area (TPSA) is 96.4 Å². The van der Waals surface area contributed by atoms with Gasteiger partial charge in [0.15, 0.2) is 5.79 Å². The molecule has 22 heavy (non-hydrogen) atoms. The van der Waals surface area contributed by atoms with Gasteiger partial charge in [-0.3, -0.25) is 4.79 Å². The van der Waals surface area contributed by atoms with E-state index in [-0.39, 0.29) is 6.54 Å². The molecule has 0 aromatic carbocycles. The maximum absolute atomic E-state index is 12.7. The number of ether oxygens (including phenoxy) is 2. The van der Waals surface area contributed by atoms with Crippen LogP contribution in [-0.4, -0.2) is 73.3 Å². The highest BCUT2D eigenvalue weighted by atomic mass is 32.2. The number of hydrogen-bond donors (Lipinski definition) is 1. The predicted molar refractivity (Wildman–Crippen MR) is 76.3 cm³/mol. The Morgan fingerprint density at radius 2 is 1.73 bits per heavy atom. The van der Waals surface area contributed by atoms with E-state index in [9.17, 15) is 13.2 Å². The largest absolute Gasteiger partial charge is 0.481 e. The minimum atomic E-state index is -3.61. The molecular weight excluding hydrogens is 312 g/mol. The lowest BCUT2D eigenvalue weighted by Crippen LogP contribution is -2.54. The summed E-state index contributed by atoms with van der Waals surface area (Å²) in [5.74, 6) is -2.15. The number of piperidine rings is 2. The normalized spacial score (nSPS) is 30.6. The lowest BCUT2D eigenvalue weighted by Gasteiger charge is -2.40. The van der Waals surface area contributed by atoms with Crippen molar-refractivity contribution in [2.75, 3.05) is 39.4 Å². The van der Waals surface area contributed by atoms with Crippen LogP contribution >= 0.6 is 0 Å². The highest BCUT2D eigenvalue weighted by molar-refractivity contribution is 7.86. The van der Waals surface area contributed by atoms with E-state index in [4.69, 9.17) is 14.6 Å². The van der Waals surface area contributed by atoms with Gasteiger partial charge in [0, 0.05) is 39.0 Å². The molecule has 1 N–H and O–H groups in total. The summed E-state index contributed by atoms with van der Waals surface area (Å²) in [6, 6.07) is 0. The highest BCUT2D eigenvalue weighted by Gasteiger charge is 2.44. The van der Waals surface area contributed by atoms with Gasteiger partial charge >= 0.3 is 5.97 Å². The molecule has 3 heterocycles. The zero-order chi connectivity index (χ0) is 15.8. The van der Waals surface area contributed by atoms with Crippen molar-refractivity contribution >= 4 is 16.2 Å². The predicted octanol–water partition coefficient (Wildman–Crippen LogP) is -0.133. The molecule has 8 nitrogen and oxygen atoms in total. The van der Waals surface area contributed by atoms with Crippen LogP contribution in [0, 0.1) is 5.92 Å². The third-order valence-corrected chi connectivity index (χ3v) is 6.69. The van der Waals surface area contributed by atoms with Gasteiger partial charge in [-0.25, -0.2) is 0 Å². The van der Waals surface area contributed by atoms with Crippen LogP contribution in [0.5, 0.6) is 0 Å². The van der Waals surface area contributed by atoms with Crippen molar-refractivity contribution < 1.29 is 27.8 Å². The fraction of sp³-hybridized carbons (Fsp3) is 0.923. The third-order valence-electron chi connectivity index (χ3n) is 4.68. The smallest absolute Gasteiger partial charge is 0.307 e. The summed E-state index contributed by atoms with van der Waals surface area (Å²) < 4.78 is 39.3. The van der Waals surface area contributed by atoms with E-state index in [1.54, 1.807) is 0 Å². The van der Waals surface area contributed by atoms with E-state index < -0.39 is 27.9 Å². The van der Waals surface area contributed by atoms with Gasteiger partial charge in [-0.1, -0.05) is 0 Å². The SMILES string of the molecule is O=C(O)C1CCCN(S(=O)(=O)N2CCC3(CC2)OCCO3)C1. The molecule has 3 saturated heterocycles. The molecule has 0 radical (unpaired) electrons. The first-order valence-electron chi connectivity index (χ1n) is 7.69. The van der Waals surface area contributed by atoms with Crippen molar-refractivity contribution in [2.45, 2.75) is 31.5 Å². The Labute approximate surface area is 130 Å². The Morgan fingerprint density at radius 1 is 1.09 bits per heavy atom. The van der Waals surface area contributed by atoms with Crippen LogP contribution in [-0.2, 0) is 24.5 Å². The first kappa shape index (κ1) is 16.1. The van der Waals surface area contributed by atoms with Crippen molar-refractivity contribution in [1.29, 1.82) is 0 Å². The maximum Gasteiger partial charge on any atom is 0.307 e. The molecular formula is C13H22N2O6S. The van der Waals surface area contributed by atoms with Gasteiger partial charge in [0.25, 0.3) is 10.2 Å². The Bertz CT molecular complexity index is 521. The van der Waals surface area contributed by atoms with Crippen molar-refractivity contribution in [1.82, 2.24) is 8.61 Å². The molecule has 3 aliphatic rings. The zero-order valence-corrected chi connectivity index (χ0v) is 13.3. The van der Waals surface area contributed by atoms with Gasteiger partial charge in [-0.2, -0.15) is 17.0 Å². The van der Waals surface area contributed by atoms with Crippen LogP contribution in [0.15, 0.2) is 0 Å². The second kappa shape index (κ2) is 6.04. The molecule has 0 saturated carbocycles. The zero-order valence-electron chi connectivity index (χ0n) is 12.4. The minimum Gasteiger partial charge on any atom is -0.481 e. The first-order chi connectivity index (χ1) is 10.4. The van der Waals surface area contributed by atoms with Gasteiger partial charge in [0.1, 0.15) is 0 Å². The molecule has 3 aliphatic heterocycles. The third kappa shape index (κ3) is 3.00. The lowest BCUT2D eigenvalue weighted by atomic mass is 10.0. The molecule has 3 rings (SSSR count). The Balaban J connectivity index is 1.64. The second-order valence-corrected chi connectivity index (χ2v) is 7.98. The van der Waals surface area contributed by atoms with Crippen molar-refractivity contribution in [3.05, 3.63) is 0 Å². The molecule has 1 unspecified atom stereocenters. The molecule has 0 aromatic heterocycles. The Kier molecular flexibility index (Phi) is 4.43. The average Bonchev–Trinajstić information content (AvgIpc) is 2.96. The standard InChI is InChI=1S/C13H22N2O6S/c16-12(17)11-2-1-5-15(10-11)22(18,19)14-6-3-13(4-7-14)20-8-9-21-13/h11H,1-10H2,(H,16,17). The van der Waals surface area contributed by atoms with Crippen molar-refractivity contribution in [3.8, 4) is 0 Å². The van der Waals surface area contributed by atoms with Gasteiger partial charge in [-0.05, 0) is 12.8 Å². The monoisotopic (exact) mass is 334 g/mol. The highest BCUT2D eigenvalue weighted by Crippen LogP contribution is 2.33. The second-order valence-electron chi connectivity index (χ2n) is 6.05. The fourth-order valence-corrected chi connectivity index (χ4v) is 5.06. The quantitative estimate of drug-likeness (QED) is 0.772. The summed E-state index contributed by atoms with van der Waals surface area (Å²) in [6.07, 6.45) is 2.15. The number of aliphatic carboxylic acids is 1. The van der Waals surface area contributed by atoms with Crippen LogP contribution in [0.25, 0.3) is 0 Å². The summed E-state index contributed by atoms with van der Waals surface area (Å²) in [6.45, 7) is 2.25. The summed E-state index contributed by atoms with van der Waals surface area (Å²) in [7, 11) is -3.61. The molecule has 0 amide bonds. The fourth-order valence-electron chi connectivity index (χ4n) is 3.36. The first-order valence-corrected chi connectivity index (χ1v) is 9.09. The van der Waals surface area contributed by atoms with Gasteiger partial charge in [-0.15, -0.1) is 0 Å². The van der Waals surface area contributed by atoms with E-state index in [0.717, 1.165) is 0 Å². The van der Waals surface area contributed by atoms with E-state index in [1.165, 1.54) is 8.61 Å². The van der Waals surface area contributed by atoms with Crippen molar-refractivity contribution in [2.24, 2.45) is 5.92 Å². The number of carbonyl (C=O) groups is 1. The van der Waals surface area contributed by atoms with Crippen LogP contribution < -0.4 is 0 Å². The molecule has 9 heteroatoms. The van der Waals surface area contributed by atoms with Gasteiger partial charge in [0.05, 0.1) is 19.1 Å². The summed E-state index contributed by atoms with van der Waals surface area (Å²) in [4.78, 5) is 11.1. The summed E-state index contributed by atoms with van der Waals surface area (Å²) >= 11 is 0. The summed E-state index contributed by atoms with van der Waals surface area (Å²) in [5, 5.41) is 9.10. The number of hydrogen-bond acceptors (Lipinski definition) is 5. The minimum absolute atomic E-state index is 0.0618. The number of nitrogens with zero attached hydrogens (tertiary/aromatic N) is 2. The number of carboxylic acid groups (broad SMARTS) is 1. The molecule has 0 bridgehead atoms. The molecule has 0 aliphatic carbocycles.